The Morgan fingerprint density at radius 3 is 2.71 bits per heavy atom. The molecule has 3 N–H and O–H groups in total. The molecule has 1 amide bonds. The molecule has 1 saturated heterocycles. The van der Waals surface area contributed by atoms with E-state index in [9.17, 15) is 4.79 Å². The average Bonchev–Trinajstić information content (AvgIpc) is 2.29. The third kappa shape index (κ3) is 3.26. The highest BCUT2D eigenvalue weighted by Crippen LogP contribution is 2.14. The van der Waals surface area contributed by atoms with Gasteiger partial charge in [0.05, 0.1) is 26.2 Å². The summed E-state index contributed by atoms with van der Waals surface area (Å²) in [7, 11) is 0. The number of hydrogen-bond donors (Lipinski definition) is 2. The molecule has 5 nitrogen and oxygen atoms in total. The second-order valence-electron chi connectivity index (χ2n) is 3.98. The minimum absolute atomic E-state index is 0.186. The number of hydrogen-bond acceptors (Lipinski definition) is 4. The van der Waals surface area contributed by atoms with E-state index in [2.05, 4.69) is 5.43 Å². The van der Waals surface area contributed by atoms with Gasteiger partial charge >= 0.3 is 0 Å². The summed E-state index contributed by atoms with van der Waals surface area (Å²) in [5, 5.41) is 0. The Kier molecular flexibility index (Phi) is 4.08. The summed E-state index contributed by atoms with van der Waals surface area (Å²) in [6, 6.07) is 7.69. The summed E-state index contributed by atoms with van der Waals surface area (Å²) < 4.78 is 10.7. The quantitative estimate of drug-likeness (QED) is 0.433. The zero-order valence-electron chi connectivity index (χ0n) is 9.52. The van der Waals surface area contributed by atoms with Gasteiger partial charge in [-0.1, -0.05) is 24.3 Å². The molecule has 1 aliphatic rings. The van der Waals surface area contributed by atoms with E-state index in [-0.39, 0.29) is 18.4 Å². The van der Waals surface area contributed by atoms with Crippen LogP contribution in [-0.2, 0) is 27.3 Å². The Morgan fingerprint density at radius 2 is 2.12 bits per heavy atom. The normalized spacial score (nSPS) is 15.4. The lowest BCUT2D eigenvalue weighted by Crippen LogP contribution is -2.36. The van der Waals surface area contributed by atoms with Crippen LogP contribution in [0.25, 0.3) is 0 Å². The number of hydrazine groups is 1. The van der Waals surface area contributed by atoms with Crippen LogP contribution in [0.3, 0.4) is 0 Å². The molecule has 0 bridgehead atoms. The Morgan fingerprint density at radius 1 is 1.41 bits per heavy atom. The molecular formula is C12H16N2O3. The second kappa shape index (κ2) is 5.77. The van der Waals surface area contributed by atoms with Crippen molar-refractivity contribution in [1.82, 2.24) is 5.43 Å². The van der Waals surface area contributed by atoms with Crippen molar-refractivity contribution in [1.29, 1.82) is 0 Å². The molecule has 17 heavy (non-hydrogen) atoms. The smallest absolute Gasteiger partial charge is 0.238 e. The maximum Gasteiger partial charge on any atom is 0.238 e. The minimum Gasteiger partial charge on any atom is -0.376 e. The first-order valence-electron chi connectivity index (χ1n) is 5.55. The molecule has 92 valence electrons. The Hall–Kier alpha value is -1.43. The van der Waals surface area contributed by atoms with Gasteiger partial charge in [0.1, 0.15) is 6.10 Å². The lowest BCUT2D eigenvalue weighted by molar-refractivity contribution is -0.135. The fourth-order valence-corrected chi connectivity index (χ4v) is 1.61. The molecule has 1 heterocycles. The summed E-state index contributed by atoms with van der Waals surface area (Å²) in [4.78, 5) is 11.2. The predicted octanol–water partition coefficient (Wildman–Crippen LogP) is 0.134. The van der Waals surface area contributed by atoms with Crippen LogP contribution < -0.4 is 11.3 Å². The molecular weight excluding hydrogens is 220 g/mol. The summed E-state index contributed by atoms with van der Waals surface area (Å²) in [5.41, 5.74) is 4.09. The maximum absolute atomic E-state index is 11.2. The Balaban J connectivity index is 1.96. The van der Waals surface area contributed by atoms with E-state index in [1.165, 1.54) is 0 Å². The molecule has 0 saturated carbocycles. The lowest BCUT2D eigenvalue weighted by Gasteiger charge is -2.26. The van der Waals surface area contributed by atoms with Crippen LogP contribution in [0.15, 0.2) is 24.3 Å². The van der Waals surface area contributed by atoms with Gasteiger partial charge in [0.2, 0.25) is 5.91 Å². The number of carbonyl (C=O) groups excluding carboxylic acids is 1. The van der Waals surface area contributed by atoms with E-state index in [1.807, 2.05) is 24.3 Å². The van der Waals surface area contributed by atoms with Gasteiger partial charge in [-0.2, -0.15) is 0 Å². The van der Waals surface area contributed by atoms with Gasteiger partial charge in [-0.05, 0) is 11.1 Å². The van der Waals surface area contributed by atoms with Gasteiger partial charge in [-0.25, -0.2) is 5.84 Å². The highest BCUT2D eigenvalue weighted by Gasteiger charge is 2.19. The number of nitrogens with two attached hydrogens (primary N) is 1. The van der Waals surface area contributed by atoms with Gasteiger partial charge in [0, 0.05) is 0 Å². The van der Waals surface area contributed by atoms with Crippen LogP contribution in [0.5, 0.6) is 0 Å². The zero-order chi connectivity index (χ0) is 12.1. The molecule has 0 spiro atoms. The number of carbonyl (C=O) groups is 1. The van der Waals surface area contributed by atoms with Crippen LogP contribution >= 0.6 is 0 Å². The molecule has 5 heteroatoms. The van der Waals surface area contributed by atoms with Crippen molar-refractivity contribution in [2.45, 2.75) is 19.1 Å². The molecule has 0 atom stereocenters. The van der Waals surface area contributed by atoms with E-state index < -0.39 is 0 Å². The fourth-order valence-electron chi connectivity index (χ4n) is 1.61. The number of nitrogens with one attached hydrogen (secondary N) is 1. The van der Waals surface area contributed by atoms with Crippen LogP contribution in [0.2, 0.25) is 0 Å². The maximum atomic E-state index is 11.2. The molecule has 0 aromatic heterocycles. The van der Waals surface area contributed by atoms with Crippen molar-refractivity contribution < 1.29 is 14.3 Å². The van der Waals surface area contributed by atoms with Gasteiger partial charge < -0.3 is 9.47 Å². The van der Waals surface area contributed by atoms with Crippen molar-refractivity contribution in [2.75, 3.05) is 13.2 Å². The number of amides is 1. The monoisotopic (exact) mass is 236 g/mol. The highest BCUT2D eigenvalue weighted by molar-refractivity contribution is 5.78. The van der Waals surface area contributed by atoms with Crippen LogP contribution in [-0.4, -0.2) is 25.2 Å². The van der Waals surface area contributed by atoms with Crippen molar-refractivity contribution in [3.05, 3.63) is 35.4 Å². The zero-order valence-corrected chi connectivity index (χ0v) is 9.52. The minimum atomic E-state index is -0.204. The van der Waals surface area contributed by atoms with Crippen LogP contribution in [0.1, 0.15) is 11.1 Å². The van der Waals surface area contributed by atoms with Crippen molar-refractivity contribution in [2.24, 2.45) is 5.84 Å². The largest absolute Gasteiger partial charge is 0.376 e. The molecule has 1 fully saturated rings. The van der Waals surface area contributed by atoms with Crippen molar-refractivity contribution >= 4 is 5.91 Å². The lowest BCUT2D eigenvalue weighted by atomic mass is 10.0. The number of ether oxygens (including phenoxy) is 2. The molecule has 1 aromatic carbocycles. The molecule has 0 aliphatic carbocycles. The van der Waals surface area contributed by atoms with Crippen LogP contribution in [0, 0.1) is 0 Å². The van der Waals surface area contributed by atoms with E-state index in [0.29, 0.717) is 19.8 Å². The van der Waals surface area contributed by atoms with E-state index in [4.69, 9.17) is 15.3 Å². The summed E-state index contributed by atoms with van der Waals surface area (Å²) in [6.07, 6.45) is 0.461. The summed E-state index contributed by atoms with van der Waals surface area (Å²) in [5.74, 6) is 4.87. The molecule has 0 unspecified atom stereocenters. The average molecular weight is 236 g/mol. The first-order valence-corrected chi connectivity index (χ1v) is 5.55. The molecule has 1 aromatic rings. The van der Waals surface area contributed by atoms with Gasteiger partial charge in [-0.15, -0.1) is 0 Å². The SMILES string of the molecule is NNC(=O)Cc1ccccc1COC1COC1. The summed E-state index contributed by atoms with van der Waals surface area (Å²) in [6.45, 7) is 1.82. The summed E-state index contributed by atoms with van der Waals surface area (Å²) >= 11 is 0. The van der Waals surface area contributed by atoms with Gasteiger partial charge in [0.15, 0.2) is 0 Å². The second-order valence-corrected chi connectivity index (χ2v) is 3.98. The van der Waals surface area contributed by atoms with Crippen molar-refractivity contribution in [3.63, 3.8) is 0 Å². The molecule has 0 radical (unpaired) electrons. The van der Waals surface area contributed by atoms with Crippen LogP contribution in [0.4, 0.5) is 0 Å². The van der Waals surface area contributed by atoms with E-state index in [1.54, 1.807) is 0 Å². The third-order valence-corrected chi connectivity index (χ3v) is 2.71. The standard InChI is InChI=1S/C12H16N2O3/c13-14-12(15)5-9-3-1-2-4-10(9)6-17-11-7-16-8-11/h1-4,11H,5-8,13H2,(H,14,15). The van der Waals surface area contributed by atoms with Crippen molar-refractivity contribution in [3.8, 4) is 0 Å². The molecule has 2 rings (SSSR count). The topological polar surface area (TPSA) is 73.6 Å². The van der Waals surface area contributed by atoms with Gasteiger partial charge in [0.25, 0.3) is 0 Å². The van der Waals surface area contributed by atoms with Gasteiger partial charge in [-0.3, -0.25) is 10.2 Å². The third-order valence-electron chi connectivity index (χ3n) is 2.71. The first kappa shape index (κ1) is 12.0. The number of rotatable bonds is 5. The van der Waals surface area contributed by atoms with E-state index >= 15 is 0 Å². The number of benzene rings is 1. The Labute approximate surface area is 99.9 Å². The fraction of sp³-hybridized carbons (Fsp3) is 0.417. The highest BCUT2D eigenvalue weighted by atomic mass is 16.6. The first-order chi connectivity index (χ1) is 8.29. The predicted molar refractivity (Wildman–Crippen MR) is 61.9 cm³/mol. The van der Waals surface area contributed by atoms with E-state index in [0.717, 1.165) is 11.1 Å². The Bertz CT molecular complexity index is 391. The molecule has 1 aliphatic heterocycles.